The van der Waals surface area contributed by atoms with Crippen LogP contribution in [0.2, 0.25) is 0 Å². The SMILES string of the molecule is CCOc1cccc([C@H](N)C(F)(F)C(F)(F)F)c1O. The second kappa shape index (κ2) is 5.20. The highest BCUT2D eigenvalue weighted by atomic mass is 19.4. The highest BCUT2D eigenvalue weighted by Gasteiger charge is 2.62. The van der Waals surface area contributed by atoms with E-state index in [0.717, 1.165) is 6.07 Å². The summed E-state index contributed by atoms with van der Waals surface area (Å²) in [5.41, 5.74) is 4.21. The maximum atomic E-state index is 13.1. The molecule has 1 aromatic carbocycles. The summed E-state index contributed by atoms with van der Waals surface area (Å²) in [5, 5.41) is 9.61. The minimum Gasteiger partial charge on any atom is -0.504 e. The summed E-state index contributed by atoms with van der Waals surface area (Å²) in [6, 6.07) is 0.586. The van der Waals surface area contributed by atoms with Crippen molar-refractivity contribution in [2.75, 3.05) is 6.61 Å². The average molecular weight is 285 g/mol. The molecule has 0 aliphatic rings. The predicted octanol–water partition coefficient (Wildman–Crippen LogP) is 2.99. The van der Waals surface area contributed by atoms with Gasteiger partial charge >= 0.3 is 12.1 Å². The lowest BCUT2D eigenvalue weighted by Crippen LogP contribution is -2.45. The van der Waals surface area contributed by atoms with Crippen LogP contribution >= 0.6 is 0 Å². The van der Waals surface area contributed by atoms with Crippen molar-refractivity contribution >= 4 is 0 Å². The summed E-state index contributed by atoms with van der Waals surface area (Å²) in [4.78, 5) is 0. The number of ether oxygens (including phenoxy) is 1. The van der Waals surface area contributed by atoms with Gasteiger partial charge in [-0.05, 0) is 13.0 Å². The number of nitrogens with two attached hydrogens (primary N) is 1. The fourth-order valence-electron chi connectivity index (χ4n) is 1.43. The molecule has 0 spiro atoms. The monoisotopic (exact) mass is 285 g/mol. The number of aromatic hydroxyl groups is 1. The lowest BCUT2D eigenvalue weighted by molar-refractivity contribution is -0.291. The van der Waals surface area contributed by atoms with Crippen LogP contribution in [0.3, 0.4) is 0 Å². The van der Waals surface area contributed by atoms with Crippen LogP contribution in [0.4, 0.5) is 22.0 Å². The molecule has 0 radical (unpaired) electrons. The first-order valence-electron chi connectivity index (χ1n) is 5.27. The van der Waals surface area contributed by atoms with E-state index < -0.39 is 29.5 Å². The Hall–Kier alpha value is -1.57. The molecule has 8 heteroatoms. The van der Waals surface area contributed by atoms with Crippen LogP contribution < -0.4 is 10.5 Å². The van der Waals surface area contributed by atoms with E-state index in [2.05, 4.69) is 0 Å². The van der Waals surface area contributed by atoms with E-state index in [1.807, 2.05) is 0 Å². The minimum absolute atomic E-state index is 0.113. The normalized spacial score (nSPS) is 14.3. The van der Waals surface area contributed by atoms with Crippen molar-refractivity contribution in [1.29, 1.82) is 0 Å². The van der Waals surface area contributed by atoms with Gasteiger partial charge in [-0.15, -0.1) is 0 Å². The molecule has 19 heavy (non-hydrogen) atoms. The molecule has 0 unspecified atom stereocenters. The third kappa shape index (κ3) is 2.89. The van der Waals surface area contributed by atoms with Crippen molar-refractivity contribution in [3.8, 4) is 11.5 Å². The average Bonchev–Trinajstić information content (AvgIpc) is 2.30. The molecule has 0 amide bonds. The first-order valence-corrected chi connectivity index (χ1v) is 5.27. The maximum absolute atomic E-state index is 13.1. The molecule has 0 aliphatic heterocycles. The molecule has 1 aromatic rings. The Morgan fingerprint density at radius 2 is 1.84 bits per heavy atom. The molecule has 0 heterocycles. The van der Waals surface area contributed by atoms with E-state index in [4.69, 9.17) is 10.5 Å². The van der Waals surface area contributed by atoms with Crippen molar-refractivity contribution in [1.82, 2.24) is 0 Å². The summed E-state index contributed by atoms with van der Waals surface area (Å²) in [5.74, 6) is -6.18. The Kier molecular flexibility index (Phi) is 4.24. The topological polar surface area (TPSA) is 55.5 Å². The van der Waals surface area contributed by atoms with E-state index in [9.17, 15) is 27.1 Å². The van der Waals surface area contributed by atoms with Crippen LogP contribution in [0, 0.1) is 0 Å². The Morgan fingerprint density at radius 3 is 2.32 bits per heavy atom. The van der Waals surface area contributed by atoms with Gasteiger partial charge in [-0.1, -0.05) is 12.1 Å². The van der Waals surface area contributed by atoms with Gasteiger partial charge in [0, 0.05) is 5.56 Å². The van der Waals surface area contributed by atoms with Gasteiger partial charge in [0.05, 0.1) is 6.61 Å². The first kappa shape index (κ1) is 15.5. The highest BCUT2D eigenvalue weighted by Crippen LogP contribution is 2.46. The van der Waals surface area contributed by atoms with Gasteiger partial charge in [-0.3, -0.25) is 0 Å². The van der Waals surface area contributed by atoms with Crippen LogP contribution in [-0.4, -0.2) is 23.8 Å². The molecule has 3 nitrogen and oxygen atoms in total. The van der Waals surface area contributed by atoms with E-state index in [-0.39, 0.29) is 12.4 Å². The van der Waals surface area contributed by atoms with Crippen molar-refractivity contribution in [2.45, 2.75) is 25.1 Å². The molecule has 1 atom stereocenters. The number of phenols is 1. The van der Waals surface area contributed by atoms with Crippen LogP contribution in [0.5, 0.6) is 11.5 Å². The summed E-state index contributed by atoms with van der Waals surface area (Å²) >= 11 is 0. The van der Waals surface area contributed by atoms with Gasteiger partial charge in [-0.2, -0.15) is 22.0 Å². The second-order valence-electron chi connectivity index (χ2n) is 3.73. The maximum Gasteiger partial charge on any atom is 0.455 e. The zero-order chi connectivity index (χ0) is 14.8. The molecule has 0 saturated carbocycles. The number of halogens is 5. The zero-order valence-electron chi connectivity index (χ0n) is 9.84. The lowest BCUT2D eigenvalue weighted by atomic mass is 9.99. The van der Waals surface area contributed by atoms with Crippen LogP contribution in [0.15, 0.2) is 18.2 Å². The zero-order valence-corrected chi connectivity index (χ0v) is 9.84. The predicted molar refractivity (Wildman–Crippen MR) is 57.2 cm³/mol. The summed E-state index contributed by atoms with van der Waals surface area (Å²) in [6.45, 7) is 1.68. The molecule has 0 aliphatic carbocycles. The molecule has 0 aromatic heterocycles. The smallest absolute Gasteiger partial charge is 0.455 e. The largest absolute Gasteiger partial charge is 0.504 e. The third-order valence-corrected chi connectivity index (χ3v) is 2.43. The van der Waals surface area contributed by atoms with Gasteiger partial charge in [0.1, 0.15) is 6.04 Å². The lowest BCUT2D eigenvalue weighted by Gasteiger charge is -2.26. The fourth-order valence-corrected chi connectivity index (χ4v) is 1.43. The van der Waals surface area contributed by atoms with E-state index >= 15 is 0 Å². The first-order chi connectivity index (χ1) is 8.63. The van der Waals surface area contributed by atoms with Crippen LogP contribution in [-0.2, 0) is 0 Å². The molecule has 1 rings (SSSR count). The fraction of sp³-hybridized carbons (Fsp3) is 0.455. The minimum atomic E-state index is -5.81. The van der Waals surface area contributed by atoms with Crippen LogP contribution in [0.25, 0.3) is 0 Å². The molecular weight excluding hydrogens is 273 g/mol. The Balaban J connectivity index is 3.20. The molecule has 0 saturated heterocycles. The highest BCUT2D eigenvalue weighted by molar-refractivity contribution is 5.47. The quantitative estimate of drug-likeness (QED) is 0.836. The van der Waals surface area contributed by atoms with Crippen molar-refractivity contribution < 1.29 is 31.8 Å². The Bertz CT molecular complexity index is 447. The molecule has 0 fully saturated rings. The Labute approximate surface area is 105 Å². The molecule has 3 N–H and O–H groups in total. The van der Waals surface area contributed by atoms with E-state index in [1.165, 1.54) is 12.1 Å². The number of hydrogen-bond acceptors (Lipinski definition) is 3. The van der Waals surface area contributed by atoms with Gasteiger partial charge in [0.15, 0.2) is 11.5 Å². The number of para-hydroxylation sites is 1. The summed E-state index contributed by atoms with van der Waals surface area (Å²) in [7, 11) is 0. The number of alkyl halides is 5. The summed E-state index contributed by atoms with van der Waals surface area (Å²) in [6.07, 6.45) is -5.81. The molecule has 108 valence electrons. The number of benzene rings is 1. The summed E-state index contributed by atoms with van der Waals surface area (Å²) < 4.78 is 67.7. The van der Waals surface area contributed by atoms with Crippen molar-refractivity contribution in [3.63, 3.8) is 0 Å². The number of hydrogen-bond donors (Lipinski definition) is 2. The Morgan fingerprint density at radius 1 is 1.26 bits per heavy atom. The standard InChI is InChI=1S/C11H12F5NO2/c1-2-19-7-5-3-4-6(8(7)18)9(17)10(12,13)11(14,15)16/h3-5,9,18H,2,17H2,1H3/t9-/m0/s1. The van der Waals surface area contributed by atoms with Crippen molar-refractivity contribution in [3.05, 3.63) is 23.8 Å². The van der Waals surface area contributed by atoms with Gasteiger partial charge < -0.3 is 15.6 Å². The van der Waals surface area contributed by atoms with E-state index in [0.29, 0.717) is 0 Å². The molecular formula is C11H12F5NO2. The second-order valence-corrected chi connectivity index (χ2v) is 3.73. The van der Waals surface area contributed by atoms with Gasteiger partial charge in [-0.25, -0.2) is 0 Å². The van der Waals surface area contributed by atoms with Gasteiger partial charge in [0.2, 0.25) is 0 Å². The number of rotatable bonds is 4. The van der Waals surface area contributed by atoms with E-state index in [1.54, 1.807) is 6.92 Å². The van der Waals surface area contributed by atoms with Crippen LogP contribution in [0.1, 0.15) is 18.5 Å². The number of phenolic OH excluding ortho intramolecular Hbond substituents is 1. The van der Waals surface area contributed by atoms with Gasteiger partial charge in [0.25, 0.3) is 0 Å². The molecule has 0 bridgehead atoms. The van der Waals surface area contributed by atoms with Crippen molar-refractivity contribution in [2.24, 2.45) is 5.73 Å². The third-order valence-electron chi connectivity index (χ3n) is 2.43.